The van der Waals surface area contributed by atoms with E-state index < -0.39 is 6.09 Å². The minimum Gasteiger partial charge on any atom is -0.465 e. The molecular weight excluding hydrogens is 358 g/mol. The first-order valence-electron chi connectivity index (χ1n) is 9.71. The maximum Gasteiger partial charge on any atom is 0.404 e. The molecule has 1 amide bonds. The number of carbonyl (C=O) groups is 1. The SMILES string of the molecule is O=C(O)NC1CCC(COCCOCCOCCOCCOCCO)CC1. The van der Waals surface area contributed by atoms with Gasteiger partial charge in [-0.25, -0.2) is 4.79 Å². The van der Waals surface area contributed by atoms with Gasteiger partial charge in [0.05, 0.1) is 66.1 Å². The molecule has 0 bridgehead atoms. The predicted octanol–water partition coefficient (Wildman–Crippen LogP) is 0.888. The number of aliphatic hydroxyl groups excluding tert-OH is 1. The first kappa shape index (κ1) is 24.1. The summed E-state index contributed by atoms with van der Waals surface area (Å²) in [7, 11) is 0. The van der Waals surface area contributed by atoms with Crippen molar-refractivity contribution in [1.29, 1.82) is 0 Å². The second-order valence-corrected chi connectivity index (χ2v) is 6.42. The Labute approximate surface area is 161 Å². The van der Waals surface area contributed by atoms with Gasteiger partial charge in [-0.05, 0) is 31.6 Å². The Balaban J connectivity index is 1.75. The van der Waals surface area contributed by atoms with Gasteiger partial charge >= 0.3 is 6.09 Å². The minimum atomic E-state index is -0.938. The van der Waals surface area contributed by atoms with E-state index in [1.54, 1.807) is 0 Å². The lowest BCUT2D eigenvalue weighted by Crippen LogP contribution is -2.37. The third-order valence-electron chi connectivity index (χ3n) is 4.25. The van der Waals surface area contributed by atoms with Crippen LogP contribution in [0.1, 0.15) is 25.7 Å². The number of rotatable bonds is 17. The van der Waals surface area contributed by atoms with Crippen LogP contribution in [0.4, 0.5) is 4.79 Å². The molecule has 3 N–H and O–H groups in total. The quantitative estimate of drug-likeness (QED) is 0.312. The standard InChI is InChI=1S/C18H35NO8/c20-5-6-23-7-8-24-9-10-25-11-12-26-13-14-27-15-16-1-3-17(4-2-16)19-18(21)22/h16-17,19-20H,1-15H2,(H,21,22). The number of carboxylic acid groups (broad SMARTS) is 1. The molecule has 1 aliphatic carbocycles. The van der Waals surface area contributed by atoms with Crippen LogP contribution in [-0.2, 0) is 23.7 Å². The van der Waals surface area contributed by atoms with Crippen LogP contribution in [0.2, 0.25) is 0 Å². The topological polar surface area (TPSA) is 116 Å². The van der Waals surface area contributed by atoms with Gasteiger partial charge in [0.25, 0.3) is 0 Å². The van der Waals surface area contributed by atoms with Gasteiger partial charge in [-0.1, -0.05) is 0 Å². The van der Waals surface area contributed by atoms with Gasteiger partial charge in [0.1, 0.15) is 0 Å². The Morgan fingerprint density at radius 1 is 0.741 bits per heavy atom. The highest BCUT2D eigenvalue weighted by Crippen LogP contribution is 2.24. The molecule has 9 nitrogen and oxygen atoms in total. The molecule has 0 spiro atoms. The lowest BCUT2D eigenvalue weighted by molar-refractivity contribution is -0.0165. The second kappa shape index (κ2) is 17.2. The maximum absolute atomic E-state index is 10.6. The lowest BCUT2D eigenvalue weighted by atomic mass is 9.86. The van der Waals surface area contributed by atoms with Crippen molar-refractivity contribution in [2.75, 3.05) is 72.7 Å². The van der Waals surface area contributed by atoms with Gasteiger partial charge in [0.2, 0.25) is 0 Å². The van der Waals surface area contributed by atoms with Gasteiger partial charge < -0.3 is 39.2 Å². The van der Waals surface area contributed by atoms with Gasteiger partial charge in [0.15, 0.2) is 0 Å². The van der Waals surface area contributed by atoms with Crippen molar-refractivity contribution >= 4 is 6.09 Å². The van der Waals surface area contributed by atoms with Crippen molar-refractivity contribution < 1.29 is 38.7 Å². The molecule has 0 aromatic carbocycles. The zero-order valence-electron chi connectivity index (χ0n) is 16.1. The third kappa shape index (κ3) is 14.7. The third-order valence-corrected chi connectivity index (χ3v) is 4.25. The highest BCUT2D eigenvalue weighted by atomic mass is 16.6. The Bertz CT molecular complexity index is 350. The molecule has 1 rings (SSSR count). The van der Waals surface area contributed by atoms with E-state index in [-0.39, 0.29) is 12.6 Å². The molecule has 0 saturated heterocycles. The summed E-state index contributed by atoms with van der Waals surface area (Å²) in [5.74, 6) is 0.509. The summed E-state index contributed by atoms with van der Waals surface area (Å²) < 4.78 is 26.8. The number of hydrogen-bond acceptors (Lipinski definition) is 7. The zero-order chi connectivity index (χ0) is 19.6. The molecule has 0 aromatic heterocycles. The molecule has 9 heteroatoms. The van der Waals surface area contributed by atoms with Crippen LogP contribution in [0.3, 0.4) is 0 Å². The van der Waals surface area contributed by atoms with E-state index >= 15 is 0 Å². The number of nitrogens with one attached hydrogen (secondary N) is 1. The molecule has 0 radical (unpaired) electrons. The summed E-state index contributed by atoms with van der Waals surface area (Å²) >= 11 is 0. The summed E-state index contributed by atoms with van der Waals surface area (Å²) in [6.45, 7) is 5.21. The largest absolute Gasteiger partial charge is 0.465 e. The zero-order valence-corrected chi connectivity index (χ0v) is 16.1. The predicted molar refractivity (Wildman–Crippen MR) is 98.1 cm³/mol. The molecule has 1 saturated carbocycles. The Morgan fingerprint density at radius 3 is 1.63 bits per heavy atom. The van der Waals surface area contributed by atoms with Crippen LogP contribution in [0, 0.1) is 5.92 Å². The fraction of sp³-hybridized carbons (Fsp3) is 0.944. The Hall–Kier alpha value is -0.970. The molecule has 160 valence electrons. The average Bonchev–Trinajstić information content (AvgIpc) is 2.66. The number of aliphatic hydroxyl groups is 1. The van der Waals surface area contributed by atoms with Crippen molar-refractivity contribution in [2.45, 2.75) is 31.7 Å². The summed E-state index contributed by atoms with van der Waals surface area (Å²) in [5.41, 5.74) is 0. The average molecular weight is 393 g/mol. The van der Waals surface area contributed by atoms with E-state index in [1.165, 1.54) is 0 Å². The van der Waals surface area contributed by atoms with Crippen LogP contribution in [-0.4, -0.2) is 95.0 Å². The number of hydrogen-bond donors (Lipinski definition) is 3. The number of amides is 1. The van der Waals surface area contributed by atoms with E-state index in [1.807, 2.05) is 0 Å². The van der Waals surface area contributed by atoms with E-state index in [4.69, 9.17) is 33.9 Å². The molecule has 0 heterocycles. The first-order chi connectivity index (χ1) is 13.2. The van der Waals surface area contributed by atoms with Crippen molar-refractivity contribution in [2.24, 2.45) is 5.92 Å². The van der Waals surface area contributed by atoms with Crippen molar-refractivity contribution in [3.8, 4) is 0 Å². The monoisotopic (exact) mass is 393 g/mol. The van der Waals surface area contributed by atoms with E-state index in [9.17, 15) is 4.79 Å². The Kier molecular flexibility index (Phi) is 15.3. The lowest BCUT2D eigenvalue weighted by Gasteiger charge is -2.28. The van der Waals surface area contributed by atoms with Gasteiger partial charge in [-0.3, -0.25) is 0 Å². The normalized spacial score (nSPS) is 19.9. The highest BCUT2D eigenvalue weighted by molar-refractivity contribution is 5.64. The minimum absolute atomic E-state index is 0.0292. The molecule has 0 unspecified atom stereocenters. The fourth-order valence-corrected chi connectivity index (χ4v) is 2.84. The highest BCUT2D eigenvalue weighted by Gasteiger charge is 2.22. The molecule has 27 heavy (non-hydrogen) atoms. The van der Waals surface area contributed by atoms with Crippen molar-refractivity contribution in [3.05, 3.63) is 0 Å². The number of ether oxygens (including phenoxy) is 5. The van der Waals surface area contributed by atoms with Crippen LogP contribution in [0.15, 0.2) is 0 Å². The summed E-state index contributed by atoms with van der Waals surface area (Å²) in [5, 5.41) is 19.8. The summed E-state index contributed by atoms with van der Waals surface area (Å²) in [6.07, 6.45) is 2.82. The van der Waals surface area contributed by atoms with Crippen molar-refractivity contribution in [3.63, 3.8) is 0 Å². The summed E-state index contributed by atoms with van der Waals surface area (Å²) in [6, 6.07) is 0.0899. The van der Waals surface area contributed by atoms with Crippen LogP contribution >= 0.6 is 0 Å². The molecule has 1 fully saturated rings. The van der Waals surface area contributed by atoms with E-state index in [2.05, 4.69) is 5.32 Å². The van der Waals surface area contributed by atoms with Gasteiger partial charge in [-0.15, -0.1) is 0 Å². The van der Waals surface area contributed by atoms with Crippen LogP contribution < -0.4 is 5.32 Å². The molecule has 1 aliphatic rings. The van der Waals surface area contributed by atoms with Crippen molar-refractivity contribution in [1.82, 2.24) is 5.32 Å². The Morgan fingerprint density at radius 2 is 1.19 bits per heavy atom. The molecule has 0 atom stereocenters. The molecule has 0 aromatic rings. The van der Waals surface area contributed by atoms with Crippen LogP contribution in [0.5, 0.6) is 0 Å². The van der Waals surface area contributed by atoms with E-state index in [0.29, 0.717) is 72.0 Å². The fourth-order valence-electron chi connectivity index (χ4n) is 2.84. The second-order valence-electron chi connectivity index (χ2n) is 6.42. The summed E-state index contributed by atoms with van der Waals surface area (Å²) in [4.78, 5) is 10.6. The van der Waals surface area contributed by atoms with Gasteiger partial charge in [0, 0.05) is 12.6 Å². The molecular formula is C18H35NO8. The van der Waals surface area contributed by atoms with E-state index in [0.717, 1.165) is 25.7 Å². The first-order valence-corrected chi connectivity index (χ1v) is 9.71. The smallest absolute Gasteiger partial charge is 0.404 e. The molecule has 0 aliphatic heterocycles. The van der Waals surface area contributed by atoms with Crippen LogP contribution in [0.25, 0.3) is 0 Å². The van der Waals surface area contributed by atoms with Gasteiger partial charge in [-0.2, -0.15) is 0 Å². The maximum atomic E-state index is 10.6.